The Labute approximate surface area is 65.7 Å². The zero-order chi connectivity index (χ0) is 8.10. The topological polar surface area (TPSA) is 42.4 Å². The van der Waals surface area contributed by atoms with Crippen LogP contribution in [-0.4, -0.2) is 16.7 Å². The van der Waals surface area contributed by atoms with E-state index in [2.05, 4.69) is 4.98 Å². The van der Waals surface area contributed by atoms with Crippen LogP contribution in [0.5, 0.6) is 5.75 Å². The summed E-state index contributed by atoms with van der Waals surface area (Å²) in [4.78, 5) is 3.94. The molecule has 1 aromatic heterocycles. The van der Waals surface area contributed by atoms with Crippen LogP contribution in [0.4, 0.5) is 0 Å². The van der Waals surface area contributed by atoms with E-state index in [4.69, 9.17) is 9.84 Å². The second-order valence-electron chi connectivity index (χ2n) is 2.08. The Morgan fingerprint density at radius 3 is 2.82 bits per heavy atom. The van der Waals surface area contributed by atoms with Gasteiger partial charge in [-0.15, -0.1) is 0 Å². The lowest BCUT2D eigenvalue weighted by molar-refractivity contribution is 0.276. The first-order valence-electron chi connectivity index (χ1n) is 3.55. The highest BCUT2D eigenvalue weighted by Gasteiger charge is 1.92. The molecule has 1 aromatic rings. The maximum absolute atomic E-state index is 8.66. The average Bonchev–Trinajstić information content (AvgIpc) is 2.07. The van der Waals surface area contributed by atoms with E-state index < -0.39 is 0 Å². The van der Waals surface area contributed by atoms with Crippen LogP contribution >= 0.6 is 0 Å². The molecule has 60 valence electrons. The molecule has 0 aliphatic rings. The molecule has 0 bridgehead atoms. The zero-order valence-corrected chi connectivity index (χ0v) is 6.45. The van der Waals surface area contributed by atoms with Crippen LogP contribution in [0.25, 0.3) is 0 Å². The van der Waals surface area contributed by atoms with Gasteiger partial charge in [-0.25, -0.2) is 0 Å². The molecule has 0 aliphatic carbocycles. The van der Waals surface area contributed by atoms with E-state index in [0.29, 0.717) is 12.3 Å². The molecule has 0 atom stereocenters. The Hall–Kier alpha value is -1.09. The van der Waals surface area contributed by atoms with Crippen LogP contribution in [0, 0.1) is 0 Å². The van der Waals surface area contributed by atoms with Gasteiger partial charge in [0.25, 0.3) is 0 Å². The number of ether oxygens (including phenoxy) is 1. The fourth-order valence-corrected chi connectivity index (χ4v) is 0.757. The molecule has 0 saturated heterocycles. The fraction of sp³-hybridized carbons (Fsp3) is 0.375. The van der Waals surface area contributed by atoms with E-state index in [1.165, 1.54) is 0 Å². The Morgan fingerprint density at radius 1 is 1.55 bits per heavy atom. The minimum absolute atomic E-state index is 0.0214. The Bertz CT molecular complexity index is 208. The number of hydrogen-bond acceptors (Lipinski definition) is 3. The van der Waals surface area contributed by atoms with Crippen molar-refractivity contribution in [3.8, 4) is 5.75 Å². The number of pyridine rings is 1. The normalized spacial score (nSPS) is 9.64. The summed E-state index contributed by atoms with van der Waals surface area (Å²) in [6.07, 6.45) is 1.61. The molecule has 3 nitrogen and oxygen atoms in total. The maximum atomic E-state index is 8.66. The predicted molar refractivity (Wildman–Crippen MR) is 41.3 cm³/mol. The minimum Gasteiger partial charge on any atom is -0.492 e. The van der Waals surface area contributed by atoms with Crippen molar-refractivity contribution in [3.05, 3.63) is 24.0 Å². The monoisotopic (exact) mass is 153 g/mol. The molecule has 0 aliphatic heterocycles. The summed E-state index contributed by atoms with van der Waals surface area (Å²) in [6.45, 7) is 2.53. The van der Waals surface area contributed by atoms with Crippen molar-refractivity contribution >= 4 is 0 Å². The second kappa shape index (κ2) is 3.93. The lowest BCUT2D eigenvalue weighted by atomic mass is 10.3. The number of aliphatic hydroxyl groups excluding tert-OH is 1. The number of aliphatic hydroxyl groups is 1. The quantitative estimate of drug-likeness (QED) is 0.703. The van der Waals surface area contributed by atoms with Crippen molar-refractivity contribution < 1.29 is 9.84 Å². The molecule has 0 fully saturated rings. The first-order chi connectivity index (χ1) is 5.36. The fourth-order valence-electron chi connectivity index (χ4n) is 0.757. The summed E-state index contributed by atoms with van der Waals surface area (Å²) in [5, 5.41) is 8.66. The second-order valence-corrected chi connectivity index (χ2v) is 2.08. The lowest BCUT2D eigenvalue weighted by Gasteiger charge is -2.01. The summed E-state index contributed by atoms with van der Waals surface area (Å²) < 4.78 is 5.16. The van der Waals surface area contributed by atoms with E-state index in [1.54, 1.807) is 18.3 Å². The highest BCUT2D eigenvalue weighted by Crippen LogP contribution is 2.08. The molecule has 1 heterocycles. The van der Waals surface area contributed by atoms with E-state index in [-0.39, 0.29) is 6.61 Å². The van der Waals surface area contributed by atoms with E-state index in [0.717, 1.165) is 5.75 Å². The third-order valence-electron chi connectivity index (χ3n) is 1.27. The van der Waals surface area contributed by atoms with Gasteiger partial charge in [0.15, 0.2) is 0 Å². The highest BCUT2D eigenvalue weighted by atomic mass is 16.5. The molecule has 0 saturated carbocycles. The summed E-state index contributed by atoms with van der Waals surface area (Å²) in [5.41, 5.74) is 0.661. The number of aromatic nitrogens is 1. The first kappa shape index (κ1) is 8.01. The molecule has 0 radical (unpaired) electrons. The molecule has 11 heavy (non-hydrogen) atoms. The summed E-state index contributed by atoms with van der Waals surface area (Å²) in [6, 6.07) is 3.53. The van der Waals surface area contributed by atoms with Gasteiger partial charge in [-0.3, -0.25) is 4.98 Å². The van der Waals surface area contributed by atoms with Gasteiger partial charge in [-0.2, -0.15) is 0 Å². The molecule has 1 N–H and O–H groups in total. The number of rotatable bonds is 3. The van der Waals surface area contributed by atoms with Crippen LogP contribution < -0.4 is 4.74 Å². The highest BCUT2D eigenvalue weighted by molar-refractivity contribution is 5.19. The van der Waals surface area contributed by atoms with Gasteiger partial charge in [-0.1, -0.05) is 0 Å². The van der Waals surface area contributed by atoms with Gasteiger partial charge in [0.1, 0.15) is 5.75 Å². The predicted octanol–water partition coefficient (Wildman–Crippen LogP) is 0.973. The molecule has 0 unspecified atom stereocenters. The van der Waals surface area contributed by atoms with Crippen molar-refractivity contribution in [2.24, 2.45) is 0 Å². The molecule has 3 heteroatoms. The van der Waals surface area contributed by atoms with Gasteiger partial charge in [-0.05, 0) is 19.1 Å². The lowest BCUT2D eigenvalue weighted by Crippen LogP contribution is -1.93. The Morgan fingerprint density at radius 2 is 2.36 bits per heavy atom. The van der Waals surface area contributed by atoms with E-state index in [1.807, 2.05) is 6.92 Å². The van der Waals surface area contributed by atoms with Gasteiger partial charge < -0.3 is 9.84 Å². The van der Waals surface area contributed by atoms with E-state index >= 15 is 0 Å². The van der Waals surface area contributed by atoms with Crippen LogP contribution in [0.3, 0.4) is 0 Å². The molecule has 1 rings (SSSR count). The zero-order valence-electron chi connectivity index (χ0n) is 6.45. The largest absolute Gasteiger partial charge is 0.492 e. The summed E-state index contributed by atoms with van der Waals surface area (Å²) >= 11 is 0. The van der Waals surface area contributed by atoms with Gasteiger partial charge in [0, 0.05) is 0 Å². The SMILES string of the molecule is CCOc1ccc(CO)nc1. The Balaban J connectivity index is 2.66. The van der Waals surface area contributed by atoms with Crippen molar-refractivity contribution in [3.63, 3.8) is 0 Å². The van der Waals surface area contributed by atoms with Crippen LogP contribution in [0.2, 0.25) is 0 Å². The van der Waals surface area contributed by atoms with Gasteiger partial charge in [0.2, 0.25) is 0 Å². The summed E-state index contributed by atoms with van der Waals surface area (Å²) in [5.74, 6) is 0.740. The molecular weight excluding hydrogens is 142 g/mol. The average molecular weight is 153 g/mol. The van der Waals surface area contributed by atoms with Crippen LogP contribution in [0.1, 0.15) is 12.6 Å². The Kier molecular flexibility index (Phi) is 2.86. The van der Waals surface area contributed by atoms with Gasteiger partial charge >= 0.3 is 0 Å². The molecule has 0 aromatic carbocycles. The van der Waals surface area contributed by atoms with Gasteiger partial charge in [0.05, 0.1) is 25.1 Å². The van der Waals surface area contributed by atoms with Crippen molar-refractivity contribution in [2.45, 2.75) is 13.5 Å². The molecule has 0 spiro atoms. The van der Waals surface area contributed by atoms with Crippen LogP contribution in [0.15, 0.2) is 18.3 Å². The van der Waals surface area contributed by atoms with Crippen LogP contribution in [-0.2, 0) is 6.61 Å². The molecule has 0 amide bonds. The number of nitrogens with zero attached hydrogens (tertiary/aromatic N) is 1. The van der Waals surface area contributed by atoms with E-state index in [9.17, 15) is 0 Å². The number of hydrogen-bond donors (Lipinski definition) is 1. The molecular formula is C8H11NO2. The standard InChI is InChI=1S/C8H11NO2/c1-2-11-8-4-3-7(6-10)9-5-8/h3-5,10H,2,6H2,1H3. The van der Waals surface area contributed by atoms with Crippen molar-refractivity contribution in [2.75, 3.05) is 6.61 Å². The van der Waals surface area contributed by atoms with Crippen molar-refractivity contribution in [1.82, 2.24) is 4.98 Å². The smallest absolute Gasteiger partial charge is 0.137 e. The maximum Gasteiger partial charge on any atom is 0.137 e. The minimum atomic E-state index is -0.0214. The van der Waals surface area contributed by atoms with Crippen molar-refractivity contribution in [1.29, 1.82) is 0 Å². The first-order valence-corrected chi connectivity index (χ1v) is 3.55. The third-order valence-corrected chi connectivity index (χ3v) is 1.27. The summed E-state index contributed by atoms with van der Waals surface area (Å²) in [7, 11) is 0. The third kappa shape index (κ3) is 2.20.